The van der Waals surface area contributed by atoms with E-state index in [9.17, 15) is 19.2 Å². The Labute approximate surface area is 269 Å². The molecule has 0 saturated carbocycles. The number of hydrogen-bond donors (Lipinski definition) is 2. The molecule has 2 N–H and O–H groups in total. The van der Waals surface area contributed by atoms with Gasteiger partial charge in [-0.2, -0.15) is 0 Å². The van der Waals surface area contributed by atoms with Gasteiger partial charge in [0.2, 0.25) is 11.8 Å². The Morgan fingerprint density at radius 2 is 1.44 bits per heavy atom. The maximum atomic E-state index is 14.5. The van der Waals surface area contributed by atoms with Gasteiger partial charge in [-0.3, -0.25) is 9.59 Å². The molecule has 0 radical (unpaired) electrons. The lowest BCUT2D eigenvalue weighted by molar-refractivity contribution is -0.159. The summed E-state index contributed by atoms with van der Waals surface area (Å²) in [5, 5.41) is 5.69. The number of nitrogens with one attached hydrogen (secondary N) is 2. The van der Waals surface area contributed by atoms with E-state index in [4.69, 9.17) is 9.47 Å². The van der Waals surface area contributed by atoms with Gasteiger partial charge >= 0.3 is 12.1 Å². The molecule has 3 amide bonds. The van der Waals surface area contributed by atoms with Crippen molar-refractivity contribution >= 4 is 23.9 Å². The minimum atomic E-state index is -1.08. The van der Waals surface area contributed by atoms with E-state index in [1.54, 1.807) is 41.5 Å². The topological polar surface area (TPSA) is 114 Å². The first-order valence-corrected chi connectivity index (χ1v) is 15.8. The summed E-state index contributed by atoms with van der Waals surface area (Å²) < 4.78 is 11.2. The van der Waals surface area contributed by atoms with Crippen molar-refractivity contribution in [2.75, 3.05) is 6.54 Å². The summed E-state index contributed by atoms with van der Waals surface area (Å²) in [5.41, 5.74) is 1.68. The van der Waals surface area contributed by atoms with Gasteiger partial charge in [-0.25, -0.2) is 9.59 Å². The summed E-state index contributed by atoms with van der Waals surface area (Å²) in [6.07, 6.45) is 0.0425. The SMILES string of the molecule is CCCN(C(=O)C(NC(=O)OC(C)(C)C)C(C)C)C(C(=O)NC(Cc1ccccc1)C(=O)OC(C)(C)C)c1cc(C)ccc1C. The van der Waals surface area contributed by atoms with E-state index < -0.39 is 53.2 Å². The third kappa shape index (κ3) is 11.9. The predicted octanol–water partition coefficient (Wildman–Crippen LogP) is 6.20. The number of carbonyl (C=O) groups excluding carboxylic acids is 4. The molecule has 248 valence electrons. The Hall–Kier alpha value is -3.88. The molecule has 2 aromatic carbocycles. The lowest BCUT2D eigenvalue weighted by atomic mass is 9.94. The van der Waals surface area contributed by atoms with Crippen LogP contribution in [0, 0.1) is 19.8 Å². The summed E-state index contributed by atoms with van der Waals surface area (Å²) in [5.74, 6) is -1.81. The number of rotatable bonds is 12. The summed E-state index contributed by atoms with van der Waals surface area (Å²) in [6.45, 7) is 20.2. The van der Waals surface area contributed by atoms with Crippen LogP contribution in [0.1, 0.15) is 97.0 Å². The Morgan fingerprint density at radius 1 is 0.844 bits per heavy atom. The van der Waals surface area contributed by atoms with Gasteiger partial charge in [-0.05, 0) is 84.4 Å². The van der Waals surface area contributed by atoms with Crippen molar-refractivity contribution in [1.82, 2.24) is 15.5 Å². The highest BCUT2D eigenvalue weighted by Gasteiger charge is 2.39. The van der Waals surface area contributed by atoms with Crippen LogP contribution < -0.4 is 10.6 Å². The van der Waals surface area contributed by atoms with Gasteiger partial charge in [-0.15, -0.1) is 0 Å². The standard InChI is InChI=1S/C36H53N3O6/c1-12-20-39(32(41)29(23(2)3)38-34(43)45-36(9,10)11)30(27-21-24(4)18-19-25(27)5)31(40)37-28(33(42)44-35(6,7)8)22-26-16-14-13-15-17-26/h13-19,21,23,28-30H,12,20,22H2,1-11H3,(H,37,40)(H,38,43). The minimum Gasteiger partial charge on any atom is -0.458 e. The second-order valence-corrected chi connectivity index (χ2v) is 13.9. The van der Waals surface area contributed by atoms with E-state index in [-0.39, 0.29) is 18.9 Å². The second-order valence-electron chi connectivity index (χ2n) is 13.9. The number of alkyl carbamates (subject to hydrolysis) is 1. The molecule has 0 spiro atoms. The maximum Gasteiger partial charge on any atom is 0.408 e. The third-order valence-corrected chi connectivity index (χ3v) is 6.93. The van der Waals surface area contributed by atoms with Crippen LogP contribution >= 0.6 is 0 Å². The number of aryl methyl sites for hydroxylation is 2. The Morgan fingerprint density at radius 3 is 1.98 bits per heavy atom. The molecule has 9 nitrogen and oxygen atoms in total. The van der Waals surface area contributed by atoms with Gasteiger partial charge in [0.05, 0.1) is 0 Å². The van der Waals surface area contributed by atoms with Gasteiger partial charge in [0, 0.05) is 13.0 Å². The van der Waals surface area contributed by atoms with Crippen molar-refractivity contribution in [1.29, 1.82) is 0 Å². The number of carbonyl (C=O) groups is 4. The van der Waals surface area contributed by atoms with Crippen molar-refractivity contribution in [3.63, 3.8) is 0 Å². The Bertz CT molecular complexity index is 1310. The molecular formula is C36H53N3O6. The van der Waals surface area contributed by atoms with Crippen LogP contribution in [0.15, 0.2) is 48.5 Å². The first-order chi connectivity index (χ1) is 20.8. The molecule has 2 rings (SSSR count). The van der Waals surface area contributed by atoms with Crippen LogP contribution in [-0.2, 0) is 30.3 Å². The lowest BCUT2D eigenvalue weighted by Crippen LogP contribution is -2.56. The molecule has 0 heterocycles. The molecular weight excluding hydrogens is 570 g/mol. The molecule has 9 heteroatoms. The van der Waals surface area contributed by atoms with Crippen molar-refractivity contribution in [2.45, 2.75) is 118 Å². The van der Waals surface area contributed by atoms with E-state index in [1.807, 2.05) is 83.1 Å². The molecule has 0 saturated heterocycles. The molecule has 0 aromatic heterocycles. The fourth-order valence-corrected chi connectivity index (χ4v) is 4.91. The highest BCUT2D eigenvalue weighted by atomic mass is 16.6. The zero-order chi connectivity index (χ0) is 34.1. The fraction of sp³-hybridized carbons (Fsp3) is 0.556. The molecule has 45 heavy (non-hydrogen) atoms. The van der Waals surface area contributed by atoms with E-state index in [2.05, 4.69) is 10.6 Å². The predicted molar refractivity (Wildman–Crippen MR) is 177 cm³/mol. The van der Waals surface area contributed by atoms with Crippen molar-refractivity contribution in [3.8, 4) is 0 Å². The summed E-state index contributed by atoms with van der Waals surface area (Å²) in [4.78, 5) is 56.6. The average Bonchev–Trinajstić information content (AvgIpc) is 2.91. The third-order valence-electron chi connectivity index (χ3n) is 6.93. The van der Waals surface area contributed by atoms with Gasteiger partial charge in [0.1, 0.15) is 29.3 Å². The zero-order valence-corrected chi connectivity index (χ0v) is 28.9. The minimum absolute atomic E-state index is 0.206. The number of esters is 1. The zero-order valence-electron chi connectivity index (χ0n) is 28.9. The number of nitrogens with zero attached hydrogens (tertiary/aromatic N) is 1. The first kappa shape index (κ1) is 37.3. The first-order valence-electron chi connectivity index (χ1n) is 15.8. The smallest absolute Gasteiger partial charge is 0.408 e. The van der Waals surface area contributed by atoms with E-state index in [1.165, 1.54) is 4.90 Å². The Balaban J connectivity index is 2.62. The normalized spacial score (nSPS) is 13.8. The molecule has 0 aliphatic rings. The molecule has 0 aliphatic heterocycles. The summed E-state index contributed by atoms with van der Waals surface area (Å²) in [7, 11) is 0. The summed E-state index contributed by atoms with van der Waals surface area (Å²) in [6, 6.07) is 12.1. The molecule has 2 aromatic rings. The second kappa shape index (κ2) is 15.9. The van der Waals surface area contributed by atoms with E-state index in [0.717, 1.165) is 16.7 Å². The van der Waals surface area contributed by atoms with Crippen LogP contribution in [0.2, 0.25) is 0 Å². The van der Waals surface area contributed by atoms with Gasteiger partial charge in [0.15, 0.2) is 0 Å². The van der Waals surface area contributed by atoms with Crippen LogP contribution in [0.25, 0.3) is 0 Å². The number of hydrogen-bond acceptors (Lipinski definition) is 6. The maximum absolute atomic E-state index is 14.5. The number of ether oxygens (including phenoxy) is 2. The fourth-order valence-electron chi connectivity index (χ4n) is 4.91. The van der Waals surface area contributed by atoms with Gasteiger partial charge in [-0.1, -0.05) is 74.9 Å². The van der Waals surface area contributed by atoms with Gasteiger partial charge < -0.3 is 25.0 Å². The largest absolute Gasteiger partial charge is 0.458 e. The van der Waals surface area contributed by atoms with Crippen LogP contribution in [0.4, 0.5) is 4.79 Å². The van der Waals surface area contributed by atoms with Crippen LogP contribution in [-0.4, -0.2) is 58.6 Å². The quantitative estimate of drug-likeness (QED) is 0.272. The van der Waals surface area contributed by atoms with Crippen molar-refractivity contribution in [2.24, 2.45) is 5.92 Å². The monoisotopic (exact) mass is 623 g/mol. The average molecular weight is 624 g/mol. The van der Waals surface area contributed by atoms with Crippen molar-refractivity contribution < 1.29 is 28.7 Å². The molecule has 0 fully saturated rings. The molecule has 0 bridgehead atoms. The van der Waals surface area contributed by atoms with Crippen LogP contribution in [0.5, 0.6) is 0 Å². The lowest BCUT2D eigenvalue weighted by Gasteiger charge is -2.36. The highest BCUT2D eigenvalue weighted by Crippen LogP contribution is 2.28. The van der Waals surface area contributed by atoms with E-state index >= 15 is 0 Å². The molecule has 0 aliphatic carbocycles. The number of amides is 3. The Kier molecular flexibility index (Phi) is 13.2. The number of benzene rings is 2. The van der Waals surface area contributed by atoms with E-state index in [0.29, 0.717) is 12.0 Å². The van der Waals surface area contributed by atoms with Gasteiger partial charge in [0.25, 0.3) is 0 Å². The van der Waals surface area contributed by atoms with Crippen molar-refractivity contribution in [3.05, 3.63) is 70.8 Å². The van der Waals surface area contributed by atoms with Crippen LogP contribution in [0.3, 0.4) is 0 Å². The molecule has 3 atom stereocenters. The summed E-state index contributed by atoms with van der Waals surface area (Å²) >= 11 is 0. The highest BCUT2D eigenvalue weighted by molar-refractivity contribution is 5.94. The molecule has 3 unspecified atom stereocenters.